The van der Waals surface area contributed by atoms with Gasteiger partial charge in [0.15, 0.2) is 0 Å². The Kier molecular flexibility index (Phi) is 6.30. The summed E-state index contributed by atoms with van der Waals surface area (Å²) in [4.78, 5) is 13.7. The number of rotatable bonds is 6. The molecule has 1 aliphatic heterocycles. The maximum atomic E-state index is 11.4. The number of likely N-dealkylation sites (tertiary alicyclic amines) is 1. The molecule has 0 aromatic carbocycles. The van der Waals surface area contributed by atoms with Crippen LogP contribution < -0.4 is 11.1 Å². The summed E-state index contributed by atoms with van der Waals surface area (Å²) in [7, 11) is 0. The molecule has 1 amide bonds. The largest absolute Gasteiger partial charge is 0.356 e. The minimum Gasteiger partial charge on any atom is -0.356 e. The van der Waals surface area contributed by atoms with Crippen molar-refractivity contribution in [3.05, 3.63) is 0 Å². The highest BCUT2D eigenvalue weighted by atomic mass is 32.2. The van der Waals surface area contributed by atoms with Crippen molar-refractivity contribution < 1.29 is 4.79 Å². The second-order valence-corrected chi connectivity index (χ2v) is 5.91. The summed E-state index contributed by atoms with van der Waals surface area (Å²) in [5.41, 5.74) is 5.85. The third-order valence-electron chi connectivity index (χ3n) is 3.60. The zero-order valence-electron chi connectivity index (χ0n) is 11.0. The first-order chi connectivity index (χ1) is 8.15. The van der Waals surface area contributed by atoms with Crippen molar-refractivity contribution in [2.75, 3.05) is 39.0 Å². The van der Waals surface area contributed by atoms with E-state index in [4.69, 9.17) is 5.73 Å². The molecule has 0 bridgehead atoms. The molecule has 1 aliphatic rings. The first-order valence-corrected chi connectivity index (χ1v) is 7.62. The molecular weight excluding hydrogens is 234 g/mol. The lowest BCUT2D eigenvalue weighted by molar-refractivity contribution is -0.121. The van der Waals surface area contributed by atoms with Gasteiger partial charge in [-0.1, -0.05) is 0 Å². The van der Waals surface area contributed by atoms with Crippen molar-refractivity contribution in [3.8, 4) is 0 Å². The van der Waals surface area contributed by atoms with E-state index < -0.39 is 0 Å². The summed E-state index contributed by atoms with van der Waals surface area (Å²) < 4.78 is 0.280. The van der Waals surface area contributed by atoms with E-state index in [1.807, 2.05) is 18.7 Å². The number of hydrogen-bond acceptors (Lipinski definition) is 4. The molecule has 1 heterocycles. The fourth-order valence-corrected chi connectivity index (χ4v) is 2.98. The molecule has 0 unspecified atom stereocenters. The first kappa shape index (κ1) is 14.8. The SMILES string of the molecule is CCNC(=O)CCN1CCC(CN)(SC)CC1. The van der Waals surface area contributed by atoms with Gasteiger partial charge in [0.05, 0.1) is 0 Å². The van der Waals surface area contributed by atoms with Crippen molar-refractivity contribution in [1.82, 2.24) is 10.2 Å². The third kappa shape index (κ3) is 4.48. The van der Waals surface area contributed by atoms with Gasteiger partial charge in [-0.25, -0.2) is 0 Å². The van der Waals surface area contributed by atoms with E-state index >= 15 is 0 Å². The van der Waals surface area contributed by atoms with Crippen molar-refractivity contribution in [3.63, 3.8) is 0 Å². The van der Waals surface area contributed by atoms with Crippen LogP contribution >= 0.6 is 11.8 Å². The molecule has 3 N–H and O–H groups in total. The van der Waals surface area contributed by atoms with Gasteiger partial charge in [-0.2, -0.15) is 11.8 Å². The van der Waals surface area contributed by atoms with Gasteiger partial charge in [-0.05, 0) is 39.1 Å². The Morgan fingerprint density at radius 1 is 1.47 bits per heavy atom. The number of piperidine rings is 1. The third-order valence-corrected chi connectivity index (χ3v) is 5.04. The highest BCUT2D eigenvalue weighted by Crippen LogP contribution is 2.33. The fraction of sp³-hybridized carbons (Fsp3) is 0.917. The van der Waals surface area contributed by atoms with Gasteiger partial charge in [0.25, 0.3) is 0 Å². The first-order valence-electron chi connectivity index (χ1n) is 6.40. The number of nitrogens with two attached hydrogens (primary N) is 1. The van der Waals surface area contributed by atoms with Crippen LogP contribution in [0.3, 0.4) is 0 Å². The van der Waals surface area contributed by atoms with Crippen LogP contribution in [0.5, 0.6) is 0 Å². The average Bonchev–Trinajstić information content (AvgIpc) is 2.37. The van der Waals surface area contributed by atoms with E-state index in [0.29, 0.717) is 6.42 Å². The average molecular weight is 259 g/mol. The summed E-state index contributed by atoms with van der Waals surface area (Å²) >= 11 is 1.90. The van der Waals surface area contributed by atoms with Crippen LogP contribution in [-0.2, 0) is 4.79 Å². The van der Waals surface area contributed by atoms with E-state index in [9.17, 15) is 4.79 Å². The number of carbonyl (C=O) groups is 1. The standard InChI is InChI=1S/C12H25N3OS/c1-3-14-11(16)4-7-15-8-5-12(10-13,17-2)6-9-15/h3-10,13H2,1-2H3,(H,14,16). The van der Waals surface area contributed by atoms with Gasteiger partial charge in [0.2, 0.25) is 5.91 Å². The molecule has 0 atom stereocenters. The van der Waals surface area contributed by atoms with Gasteiger partial charge < -0.3 is 16.0 Å². The number of hydrogen-bond donors (Lipinski definition) is 2. The zero-order valence-corrected chi connectivity index (χ0v) is 11.8. The predicted molar refractivity (Wildman–Crippen MR) is 74.3 cm³/mol. The van der Waals surface area contributed by atoms with Crippen LogP contribution in [-0.4, -0.2) is 54.5 Å². The number of nitrogens with zero attached hydrogens (tertiary/aromatic N) is 1. The van der Waals surface area contributed by atoms with E-state index in [2.05, 4.69) is 16.5 Å². The molecule has 17 heavy (non-hydrogen) atoms. The Hall–Kier alpha value is -0.260. The van der Waals surface area contributed by atoms with Crippen molar-refractivity contribution in [2.45, 2.75) is 30.9 Å². The Morgan fingerprint density at radius 3 is 2.59 bits per heavy atom. The minimum atomic E-state index is 0.160. The minimum absolute atomic E-state index is 0.160. The molecule has 0 radical (unpaired) electrons. The normalized spacial score (nSPS) is 20.2. The molecule has 1 rings (SSSR count). The smallest absolute Gasteiger partial charge is 0.221 e. The van der Waals surface area contributed by atoms with Crippen LogP contribution in [0.1, 0.15) is 26.2 Å². The lowest BCUT2D eigenvalue weighted by Crippen LogP contribution is -2.47. The molecule has 5 heteroatoms. The number of carbonyl (C=O) groups excluding carboxylic acids is 1. The molecule has 0 saturated carbocycles. The molecule has 1 saturated heterocycles. The zero-order chi connectivity index (χ0) is 12.7. The molecule has 0 aromatic heterocycles. The molecule has 0 aliphatic carbocycles. The van der Waals surface area contributed by atoms with Crippen molar-refractivity contribution in [2.24, 2.45) is 5.73 Å². The van der Waals surface area contributed by atoms with Gasteiger partial charge in [0, 0.05) is 30.8 Å². The highest BCUT2D eigenvalue weighted by molar-refractivity contribution is 8.00. The number of amides is 1. The second-order valence-electron chi connectivity index (χ2n) is 4.64. The molecule has 0 aromatic rings. The quantitative estimate of drug-likeness (QED) is 0.736. The Balaban J connectivity index is 2.25. The van der Waals surface area contributed by atoms with Crippen LogP contribution in [0.15, 0.2) is 0 Å². The van der Waals surface area contributed by atoms with Gasteiger partial charge >= 0.3 is 0 Å². The van der Waals surface area contributed by atoms with Crippen molar-refractivity contribution in [1.29, 1.82) is 0 Å². The summed E-state index contributed by atoms with van der Waals surface area (Å²) in [6.07, 6.45) is 5.04. The summed E-state index contributed by atoms with van der Waals surface area (Å²) in [5, 5.41) is 2.83. The van der Waals surface area contributed by atoms with Crippen LogP contribution in [0, 0.1) is 0 Å². The monoisotopic (exact) mass is 259 g/mol. The van der Waals surface area contributed by atoms with Crippen molar-refractivity contribution >= 4 is 17.7 Å². The lowest BCUT2D eigenvalue weighted by Gasteiger charge is -2.40. The molecule has 4 nitrogen and oxygen atoms in total. The van der Waals surface area contributed by atoms with Gasteiger partial charge in [0.1, 0.15) is 0 Å². The topological polar surface area (TPSA) is 58.4 Å². The summed E-state index contributed by atoms with van der Waals surface area (Å²) in [6.45, 7) is 6.45. The Bertz CT molecular complexity index is 234. The van der Waals surface area contributed by atoms with Gasteiger partial charge in [-0.3, -0.25) is 4.79 Å². The number of thioether (sulfide) groups is 1. The lowest BCUT2D eigenvalue weighted by atomic mass is 9.95. The van der Waals surface area contributed by atoms with E-state index in [1.54, 1.807) is 0 Å². The fourth-order valence-electron chi connectivity index (χ4n) is 2.22. The maximum Gasteiger partial charge on any atom is 0.221 e. The maximum absolute atomic E-state index is 11.4. The molecule has 100 valence electrons. The Labute approximate surface area is 109 Å². The van der Waals surface area contributed by atoms with E-state index in [0.717, 1.165) is 45.6 Å². The summed E-state index contributed by atoms with van der Waals surface area (Å²) in [6, 6.07) is 0. The molecule has 0 spiro atoms. The van der Waals surface area contributed by atoms with Crippen LogP contribution in [0.4, 0.5) is 0 Å². The Morgan fingerprint density at radius 2 is 2.12 bits per heavy atom. The molecular formula is C12H25N3OS. The van der Waals surface area contributed by atoms with E-state index in [1.165, 1.54) is 0 Å². The predicted octanol–water partition coefficient (Wildman–Crippen LogP) is 0.669. The molecule has 1 fully saturated rings. The van der Waals surface area contributed by atoms with E-state index in [-0.39, 0.29) is 10.7 Å². The van der Waals surface area contributed by atoms with Gasteiger partial charge in [-0.15, -0.1) is 0 Å². The highest BCUT2D eigenvalue weighted by Gasteiger charge is 2.32. The van der Waals surface area contributed by atoms with Crippen LogP contribution in [0.25, 0.3) is 0 Å². The second kappa shape index (κ2) is 7.24. The number of nitrogens with one attached hydrogen (secondary N) is 1. The summed E-state index contributed by atoms with van der Waals surface area (Å²) in [5.74, 6) is 0.160. The van der Waals surface area contributed by atoms with Crippen LogP contribution in [0.2, 0.25) is 0 Å².